The molecule has 1 heterocycles. The minimum atomic E-state index is -1.63. The van der Waals surface area contributed by atoms with E-state index in [2.05, 4.69) is 0 Å². The van der Waals surface area contributed by atoms with Gasteiger partial charge in [0.1, 0.15) is 11.7 Å². The van der Waals surface area contributed by atoms with Crippen molar-refractivity contribution in [2.24, 2.45) is 5.73 Å². The van der Waals surface area contributed by atoms with E-state index in [9.17, 15) is 9.18 Å². The highest BCUT2D eigenvalue weighted by atomic mass is 19.1. The Balaban J connectivity index is 2.45. The molecule has 1 aliphatic heterocycles. The van der Waals surface area contributed by atoms with Crippen LogP contribution in [-0.4, -0.2) is 30.3 Å². The molecule has 5 nitrogen and oxygen atoms in total. The molecule has 0 spiro atoms. The molecule has 1 aromatic carbocycles. The number of ether oxygens (including phenoxy) is 2. The number of halogens is 1. The summed E-state index contributed by atoms with van der Waals surface area (Å²) in [6.45, 7) is 3.85. The first-order valence-corrected chi connectivity index (χ1v) is 6.89. The normalized spacial score (nSPS) is 16.2. The average molecular weight is 297 g/mol. The van der Waals surface area contributed by atoms with Gasteiger partial charge < -0.3 is 20.3 Å². The lowest BCUT2D eigenvalue weighted by Gasteiger charge is -2.22. The van der Waals surface area contributed by atoms with Crippen molar-refractivity contribution in [3.8, 4) is 11.5 Å². The highest BCUT2D eigenvalue weighted by molar-refractivity contribution is 5.73. The quantitative estimate of drug-likeness (QED) is 0.888. The summed E-state index contributed by atoms with van der Waals surface area (Å²) in [4.78, 5) is 10.9. The molecule has 1 unspecified atom stereocenters. The molecule has 1 aliphatic rings. The van der Waals surface area contributed by atoms with Crippen LogP contribution < -0.4 is 15.2 Å². The van der Waals surface area contributed by atoms with Gasteiger partial charge in [0.2, 0.25) is 0 Å². The van der Waals surface area contributed by atoms with Gasteiger partial charge >= 0.3 is 5.97 Å². The predicted octanol–water partition coefficient (Wildman–Crippen LogP) is 2.01. The van der Waals surface area contributed by atoms with Gasteiger partial charge in [-0.1, -0.05) is 0 Å². The fourth-order valence-corrected chi connectivity index (χ4v) is 2.30. The van der Waals surface area contributed by atoms with Gasteiger partial charge in [-0.05, 0) is 43.5 Å². The topological polar surface area (TPSA) is 81.8 Å². The molecule has 0 amide bonds. The molecule has 1 aromatic rings. The highest BCUT2D eigenvalue weighted by Gasteiger charge is 2.27. The second kappa shape index (κ2) is 5.89. The number of fused-ring (bicyclic) bond motifs is 1. The average Bonchev–Trinajstić information content (AvgIpc) is 2.61. The van der Waals surface area contributed by atoms with E-state index >= 15 is 0 Å². The lowest BCUT2D eigenvalue weighted by Crippen LogP contribution is -2.33. The Morgan fingerprint density at radius 1 is 1.38 bits per heavy atom. The number of rotatable bonds is 4. The largest absolute Gasteiger partial charge is 0.490 e. The maximum Gasteiger partial charge on any atom is 0.320 e. The second-order valence-corrected chi connectivity index (χ2v) is 5.63. The van der Waals surface area contributed by atoms with Crippen molar-refractivity contribution < 1.29 is 23.8 Å². The third-order valence-corrected chi connectivity index (χ3v) is 3.37. The van der Waals surface area contributed by atoms with Crippen LogP contribution in [0.2, 0.25) is 0 Å². The van der Waals surface area contributed by atoms with Crippen LogP contribution in [0, 0.1) is 0 Å². The molecule has 0 saturated heterocycles. The van der Waals surface area contributed by atoms with E-state index in [0.717, 1.165) is 6.42 Å². The number of carboxylic acid groups (broad SMARTS) is 1. The molecule has 0 aromatic heterocycles. The van der Waals surface area contributed by atoms with E-state index < -0.39 is 17.7 Å². The van der Waals surface area contributed by atoms with E-state index in [1.165, 1.54) is 13.8 Å². The third-order valence-electron chi connectivity index (χ3n) is 3.37. The fraction of sp³-hybridized carbons (Fsp3) is 0.533. The standard InChI is InChI=1S/C15H20FNO4/c1-15(2,16)10-8-13-12(20-4-3-5-21-13)7-9(10)6-11(17)14(18)19/h7-8,11H,3-6,17H2,1-2H3,(H,18,19). The third kappa shape index (κ3) is 3.64. The van der Waals surface area contributed by atoms with Crippen molar-refractivity contribution in [2.75, 3.05) is 13.2 Å². The zero-order chi connectivity index (χ0) is 15.6. The maximum absolute atomic E-state index is 14.4. The summed E-state index contributed by atoms with van der Waals surface area (Å²) in [5, 5.41) is 8.95. The molecular formula is C15H20FNO4. The molecule has 0 saturated carbocycles. The van der Waals surface area contributed by atoms with Crippen molar-refractivity contribution in [3.05, 3.63) is 23.3 Å². The summed E-state index contributed by atoms with van der Waals surface area (Å²) in [5.74, 6) is -0.126. The van der Waals surface area contributed by atoms with Crippen LogP contribution >= 0.6 is 0 Å². The van der Waals surface area contributed by atoms with E-state index in [0.29, 0.717) is 35.8 Å². The molecular weight excluding hydrogens is 277 g/mol. The van der Waals surface area contributed by atoms with E-state index in [-0.39, 0.29) is 6.42 Å². The van der Waals surface area contributed by atoms with Gasteiger partial charge in [-0.15, -0.1) is 0 Å². The highest BCUT2D eigenvalue weighted by Crippen LogP contribution is 2.38. The second-order valence-electron chi connectivity index (χ2n) is 5.63. The molecule has 3 N–H and O–H groups in total. The van der Waals surface area contributed by atoms with Crippen molar-refractivity contribution in [3.63, 3.8) is 0 Å². The number of carboxylic acids is 1. The smallest absolute Gasteiger partial charge is 0.320 e. The van der Waals surface area contributed by atoms with Crippen LogP contribution in [0.25, 0.3) is 0 Å². The molecule has 1 atom stereocenters. The van der Waals surface area contributed by atoms with Gasteiger partial charge in [-0.25, -0.2) is 4.39 Å². The summed E-state index contributed by atoms with van der Waals surface area (Å²) in [6, 6.07) is 2.14. The Bertz CT molecular complexity index is 539. The molecule has 116 valence electrons. The van der Waals surface area contributed by atoms with Crippen LogP contribution in [0.5, 0.6) is 11.5 Å². The Kier molecular flexibility index (Phi) is 4.37. The number of hydrogen-bond donors (Lipinski definition) is 2. The number of benzene rings is 1. The van der Waals surface area contributed by atoms with Gasteiger partial charge in [0.15, 0.2) is 11.5 Å². The van der Waals surface area contributed by atoms with Crippen molar-refractivity contribution in [1.82, 2.24) is 0 Å². The summed E-state index contributed by atoms with van der Waals surface area (Å²) in [7, 11) is 0. The van der Waals surface area contributed by atoms with Gasteiger partial charge in [0, 0.05) is 6.42 Å². The number of hydrogen-bond acceptors (Lipinski definition) is 4. The Hall–Kier alpha value is -1.82. The lowest BCUT2D eigenvalue weighted by molar-refractivity contribution is -0.138. The molecule has 0 radical (unpaired) electrons. The van der Waals surface area contributed by atoms with Crippen LogP contribution in [0.15, 0.2) is 12.1 Å². The molecule has 21 heavy (non-hydrogen) atoms. The Morgan fingerprint density at radius 2 is 1.95 bits per heavy atom. The number of nitrogens with two attached hydrogens (primary N) is 1. The van der Waals surface area contributed by atoms with Gasteiger partial charge in [0.25, 0.3) is 0 Å². The summed E-state index contributed by atoms with van der Waals surface area (Å²) < 4.78 is 25.5. The molecule has 0 bridgehead atoms. The monoisotopic (exact) mass is 297 g/mol. The van der Waals surface area contributed by atoms with Crippen molar-refractivity contribution >= 4 is 5.97 Å². The maximum atomic E-state index is 14.4. The lowest BCUT2D eigenvalue weighted by atomic mass is 9.90. The van der Waals surface area contributed by atoms with Gasteiger partial charge in [0.05, 0.1) is 13.2 Å². The SMILES string of the molecule is CC(C)(F)c1cc2c(cc1CC(N)C(=O)O)OCCCO2. The first-order chi connectivity index (χ1) is 9.79. The van der Waals surface area contributed by atoms with Crippen molar-refractivity contribution in [1.29, 1.82) is 0 Å². The van der Waals surface area contributed by atoms with Crippen molar-refractivity contribution in [2.45, 2.75) is 38.4 Å². The van der Waals surface area contributed by atoms with Gasteiger partial charge in [-0.3, -0.25) is 4.79 Å². The molecule has 0 aliphatic carbocycles. The van der Waals surface area contributed by atoms with Crippen LogP contribution in [0.4, 0.5) is 4.39 Å². The molecule has 6 heteroatoms. The minimum Gasteiger partial charge on any atom is -0.490 e. The molecule has 2 rings (SSSR count). The number of carbonyl (C=O) groups is 1. The zero-order valence-corrected chi connectivity index (χ0v) is 12.2. The van der Waals surface area contributed by atoms with Gasteiger partial charge in [-0.2, -0.15) is 0 Å². The summed E-state index contributed by atoms with van der Waals surface area (Å²) >= 11 is 0. The predicted molar refractivity (Wildman–Crippen MR) is 75.5 cm³/mol. The van der Waals surface area contributed by atoms with Crippen LogP contribution in [0.1, 0.15) is 31.4 Å². The Labute approximate surface area is 122 Å². The Morgan fingerprint density at radius 3 is 2.48 bits per heavy atom. The number of aliphatic carboxylic acids is 1. The number of alkyl halides is 1. The summed E-state index contributed by atoms with van der Waals surface area (Å²) in [5.41, 5.74) is 4.85. The molecule has 0 fully saturated rings. The van der Waals surface area contributed by atoms with E-state index in [4.69, 9.17) is 20.3 Å². The first kappa shape index (κ1) is 15.6. The van der Waals surface area contributed by atoms with Crippen LogP contribution in [0.3, 0.4) is 0 Å². The van der Waals surface area contributed by atoms with E-state index in [1.54, 1.807) is 12.1 Å². The zero-order valence-electron chi connectivity index (χ0n) is 12.2. The summed E-state index contributed by atoms with van der Waals surface area (Å²) in [6.07, 6.45) is 0.779. The fourth-order valence-electron chi connectivity index (χ4n) is 2.30. The minimum absolute atomic E-state index is 0.0364. The van der Waals surface area contributed by atoms with E-state index in [1.807, 2.05) is 0 Å². The van der Waals surface area contributed by atoms with Crippen LogP contribution in [-0.2, 0) is 16.9 Å². The first-order valence-electron chi connectivity index (χ1n) is 6.89.